The summed E-state index contributed by atoms with van der Waals surface area (Å²) in [7, 11) is 2.91. The number of piperazine rings is 1. The molecule has 1 aromatic carbocycles. The van der Waals surface area contributed by atoms with Crippen molar-refractivity contribution in [2.24, 2.45) is 14.1 Å². The molecule has 3 rings (SSSR count). The zero-order valence-corrected chi connectivity index (χ0v) is 16.8. The molecule has 8 nitrogen and oxygen atoms in total. The van der Waals surface area contributed by atoms with Gasteiger partial charge in [0.25, 0.3) is 5.56 Å². The van der Waals surface area contributed by atoms with Crippen molar-refractivity contribution in [3.05, 3.63) is 50.2 Å². The summed E-state index contributed by atoms with van der Waals surface area (Å²) in [5.41, 5.74) is 1.85. The van der Waals surface area contributed by atoms with E-state index in [-0.39, 0.29) is 11.4 Å². The molecule has 0 aliphatic carbocycles. The Kier molecular flexibility index (Phi) is 5.56. The number of aromatic nitrogens is 2. The number of rotatable bonds is 4. The molecule has 0 saturated carbocycles. The van der Waals surface area contributed by atoms with Crippen LogP contribution in [0.2, 0.25) is 0 Å². The van der Waals surface area contributed by atoms with Crippen molar-refractivity contribution in [2.75, 3.05) is 42.9 Å². The van der Waals surface area contributed by atoms with Gasteiger partial charge in [0.05, 0.1) is 0 Å². The third kappa shape index (κ3) is 3.53. The smallest absolute Gasteiger partial charge is 0.332 e. The fraction of sp³-hybridized carbons (Fsp3) is 0.450. The lowest BCUT2D eigenvalue weighted by atomic mass is 10.1. The lowest BCUT2D eigenvalue weighted by molar-refractivity contribution is 0.271. The molecule has 1 N–H and O–H groups in total. The fourth-order valence-corrected chi connectivity index (χ4v) is 3.62. The van der Waals surface area contributed by atoms with Gasteiger partial charge in [-0.2, -0.15) is 5.26 Å². The maximum absolute atomic E-state index is 12.2. The summed E-state index contributed by atoms with van der Waals surface area (Å²) in [6.07, 6.45) is 0. The van der Waals surface area contributed by atoms with Crippen molar-refractivity contribution in [2.45, 2.75) is 13.8 Å². The largest absolute Gasteiger partial charge is 0.369 e. The molecule has 1 aliphatic rings. The number of anilines is 3. The van der Waals surface area contributed by atoms with Crippen LogP contribution < -0.4 is 21.5 Å². The van der Waals surface area contributed by atoms with Gasteiger partial charge in [-0.15, -0.1) is 0 Å². The predicted molar refractivity (Wildman–Crippen MR) is 110 cm³/mol. The minimum atomic E-state index is -0.602. The van der Waals surface area contributed by atoms with Gasteiger partial charge >= 0.3 is 5.69 Å². The van der Waals surface area contributed by atoms with Crippen molar-refractivity contribution in [3.63, 3.8) is 0 Å². The van der Waals surface area contributed by atoms with Gasteiger partial charge in [0.1, 0.15) is 11.9 Å². The predicted octanol–water partition coefficient (Wildman–Crippen LogP) is 1.15. The number of benzene rings is 1. The summed E-state index contributed by atoms with van der Waals surface area (Å²) in [6.45, 7) is 9.38. The zero-order valence-electron chi connectivity index (χ0n) is 16.8. The minimum Gasteiger partial charge on any atom is -0.369 e. The lowest BCUT2D eigenvalue weighted by Crippen LogP contribution is -2.46. The topological polar surface area (TPSA) is 86.3 Å². The number of hydrogen-bond acceptors (Lipinski definition) is 6. The normalized spacial score (nSPS) is 14.8. The van der Waals surface area contributed by atoms with Crippen LogP contribution in [0.1, 0.15) is 18.1 Å². The number of nitrogens with one attached hydrogen (secondary N) is 1. The van der Waals surface area contributed by atoms with Gasteiger partial charge in [-0.3, -0.25) is 13.9 Å². The van der Waals surface area contributed by atoms with Crippen LogP contribution in [0.4, 0.5) is 17.2 Å². The Balaban J connectivity index is 1.90. The number of nitriles is 1. The second-order valence-corrected chi connectivity index (χ2v) is 7.09. The number of likely N-dealkylation sites (N-methyl/N-ethyl adjacent to an activating group) is 1. The first kappa shape index (κ1) is 19.7. The average Bonchev–Trinajstić information content (AvgIpc) is 2.71. The highest BCUT2D eigenvalue weighted by atomic mass is 16.2. The van der Waals surface area contributed by atoms with Gasteiger partial charge in [0.2, 0.25) is 0 Å². The molecule has 8 heteroatoms. The van der Waals surface area contributed by atoms with E-state index < -0.39 is 11.2 Å². The Bertz CT molecular complexity index is 1040. The number of hydrogen-bond donors (Lipinski definition) is 1. The lowest BCUT2D eigenvalue weighted by Gasteiger charge is -2.36. The third-order valence-corrected chi connectivity index (χ3v) is 5.40. The van der Waals surface area contributed by atoms with Crippen LogP contribution in [0.3, 0.4) is 0 Å². The Labute approximate surface area is 164 Å². The highest BCUT2D eigenvalue weighted by molar-refractivity contribution is 5.67. The van der Waals surface area contributed by atoms with E-state index in [9.17, 15) is 14.9 Å². The average molecular weight is 382 g/mol. The highest BCUT2D eigenvalue weighted by Crippen LogP contribution is 2.26. The Hall–Kier alpha value is -3.05. The molecule has 0 radical (unpaired) electrons. The Morgan fingerprint density at radius 3 is 2.36 bits per heavy atom. The number of aryl methyl sites for hydroxylation is 1. The van der Waals surface area contributed by atoms with Crippen LogP contribution in [0.25, 0.3) is 0 Å². The van der Waals surface area contributed by atoms with Crippen LogP contribution in [-0.2, 0) is 14.1 Å². The maximum atomic E-state index is 12.2. The molecule has 0 atom stereocenters. The van der Waals surface area contributed by atoms with E-state index in [1.54, 1.807) is 7.05 Å². The molecular weight excluding hydrogens is 356 g/mol. The molecule has 1 fully saturated rings. The molecule has 1 saturated heterocycles. The van der Waals surface area contributed by atoms with E-state index in [1.165, 1.54) is 17.3 Å². The monoisotopic (exact) mass is 382 g/mol. The van der Waals surface area contributed by atoms with Crippen LogP contribution in [0, 0.1) is 18.3 Å². The quantitative estimate of drug-likeness (QED) is 0.854. The standard InChI is InChI=1S/C20H26N6O2/c1-5-25-8-10-26(11-9-25)17-7-6-15(12-14(17)2)22-18-16(13-21)19(27)24(4)20(28)23(18)3/h6-7,12,22H,5,8-11H2,1-4H3. The fourth-order valence-electron chi connectivity index (χ4n) is 3.62. The third-order valence-electron chi connectivity index (χ3n) is 5.40. The molecule has 0 bridgehead atoms. The van der Waals surface area contributed by atoms with Gasteiger partial charge in [0.15, 0.2) is 5.56 Å². The Morgan fingerprint density at radius 1 is 1.11 bits per heavy atom. The van der Waals surface area contributed by atoms with Gasteiger partial charge in [-0.25, -0.2) is 4.79 Å². The zero-order chi connectivity index (χ0) is 20.4. The van der Waals surface area contributed by atoms with Gasteiger partial charge in [-0.05, 0) is 37.2 Å². The second kappa shape index (κ2) is 7.90. The van der Waals surface area contributed by atoms with Crippen molar-refractivity contribution in [1.29, 1.82) is 5.26 Å². The van der Waals surface area contributed by atoms with Crippen LogP contribution in [-0.4, -0.2) is 46.8 Å². The summed E-state index contributed by atoms with van der Waals surface area (Å²) in [5, 5.41) is 12.5. The minimum absolute atomic E-state index is 0.0815. The van der Waals surface area contributed by atoms with Gasteiger partial charge in [0, 0.05) is 51.6 Å². The maximum Gasteiger partial charge on any atom is 0.332 e. The molecule has 28 heavy (non-hydrogen) atoms. The van der Waals surface area contributed by atoms with E-state index >= 15 is 0 Å². The van der Waals surface area contributed by atoms with E-state index in [4.69, 9.17) is 0 Å². The summed E-state index contributed by atoms with van der Waals surface area (Å²) in [5.74, 6) is 0.208. The molecule has 0 spiro atoms. The molecule has 0 unspecified atom stereocenters. The molecular formula is C20H26N6O2. The summed E-state index contributed by atoms with van der Waals surface area (Å²) in [6, 6.07) is 7.85. The first-order chi connectivity index (χ1) is 13.4. The summed E-state index contributed by atoms with van der Waals surface area (Å²) >= 11 is 0. The molecule has 1 aromatic heterocycles. The van der Waals surface area contributed by atoms with Crippen LogP contribution >= 0.6 is 0 Å². The first-order valence-corrected chi connectivity index (χ1v) is 9.42. The van der Waals surface area contributed by atoms with Crippen molar-refractivity contribution in [3.8, 4) is 6.07 Å². The molecule has 148 valence electrons. The van der Waals surface area contributed by atoms with Gasteiger partial charge < -0.3 is 15.1 Å². The molecule has 2 heterocycles. The van der Waals surface area contributed by atoms with Crippen LogP contribution in [0.5, 0.6) is 0 Å². The van der Waals surface area contributed by atoms with E-state index in [1.807, 2.05) is 31.2 Å². The van der Waals surface area contributed by atoms with Crippen molar-refractivity contribution >= 4 is 17.2 Å². The van der Waals surface area contributed by atoms with Crippen molar-refractivity contribution < 1.29 is 0 Å². The summed E-state index contributed by atoms with van der Waals surface area (Å²) < 4.78 is 2.22. The van der Waals surface area contributed by atoms with E-state index in [0.717, 1.165) is 48.5 Å². The van der Waals surface area contributed by atoms with E-state index in [2.05, 4.69) is 22.0 Å². The van der Waals surface area contributed by atoms with E-state index in [0.29, 0.717) is 0 Å². The van der Waals surface area contributed by atoms with Crippen LogP contribution in [0.15, 0.2) is 27.8 Å². The highest BCUT2D eigenvalue weighted by Gasteiger charge is 2.19. The summed E-state index contributed by atoms with van der Waals surface area (Å²) in [4.78, 5) is 29.3. The number of nitrogens with zero attached hydrogens (tertiary/aromatic N) is 5. The van der Waals surface area contributed by atoms with Gasteiger partial charge in [-0.1, -0.05) is 6.92 Å². The van der Waals surface area contributed by atoms with Crippen molar-refractivity contribution in [1.82, 2.24) is 14.0 Å². The first-order valence-electron chi connectivity index (χ1n) is 9.42. The molecule has 1 aliphatic heterocycles. The molecule has 0 amide bonds. The second-order valence-electron chi connectivity index (χ2n) is 7.09. The SMILES string of the molecule is CCN1CCN(c2ccc(Nc3c(C#N)c(=O)n(C)c(=O)n3C)cc2C)CC1. The molecule has 2 aromatic rings. The Morgan fingerprint density at radius 2 is 1.79 bits per heavy atom.